The van der Waals surface area contributed by atoms with Crippen molar-refractivity contribution in [2.24, 2.45) is 4.99 Å². The number of carbonyl (C=O) groups is 2. The minimum absolute atomic E-state index is 0.0218. The van der Waals surface area contributed by atoms with Gasteiger partial charge >= 0.3 is 0 Å². The molecule has 0 atom stereocenters. The van der Waals surface area contributed by atoms with E-state index in [9.17, 15) is 9.59 Å². The molecule has 4 nitrogen and oxygen atoms in total. The van der Waals surface area contributed by atoms with E-state index in [-0.39, 0.29) is 24.8 Å². The first-order valence-electron chi connectivity index (χ1n) is 8.30. The fourth-order valence-corrected chi connectivity index (χ4v) is 3.69. The van der Waals surface area contributed by atoms with Crippen molar-refractivity contribution in [3.63, 3.8) is 0 Å². The van der Waals surface area contributed by atoms with Gasteiger partial charge in [0.25, 0.3) is 0 Å². The lowest BCUT2D eigenvalue weighted by atomic mass is 10.00. The van der Waals surface area contributed by atoms with Gasteiger partial charge in [-0.05, 0) is 17.5 Å². The Morgan fingerprint density at radius 2 is 1.77 bits per heavy atom. The second-order valence-electron chi connectivity index (χ2n) is 5.93. The van der Waals surface area contributed by atoms with E-state index in [1.54, 1.807) is 11.0 Å². The molecule has 4 rings (SSSR count). The molecule has 3 aromatic rings. The van der Waals surface area contributed by atoms with Gasteiger partial charge < -0.3 is 4.90 Å². The Morgan fingerprint density at radius 1 is 1.00 bits per heavy atom. The SMILES string of the molecule is O=C(CN1C(=O)CN=C(c2ccccc2)c2ccccc21)c1cccs1. The number of ketones is 1. The van der Waals surface area contributed by atoms with Gasteiger partial charge in [-0.3, -0.25) is 14.6 Å². The number of para-hydroxylation sites is 1. The van der Waals surface area contributed by atoms with Gasteiger partial charge in [0.1, 0.15) is 6.54 Å². The number of nitrogens with zero attached hydrogens (tertiary/aromatic N) is 2. The number of fused-ring (bicyclic) bond motifs is 1. The summed E-state index contributed by atoms with van der Waals surface area (Å²) in [5.41, 5.74) is 3.32. The van der Waals surface area contributed by atoms with Crippen molar-refractivity contribution in [3.8, 4) is 0 Å². The maximum atomic E-state index is 12.7. The van der Waals surface area contributed by atoms with Crippen LogP contribution in [-0.2, 0) is 4.79 Å². The third-order valence-corrected chi connectivity index (χ3v) is 5.18. The summed E-state index contributed by atoms with van der Waals surface area (Å²) in [5.74, 6) is -0.236. The van der Waals surface area contributed by atoms with Crippen molar-refractivity contribution >= 4 is 34.4 Å². The van der Waals surface area contributed by atoms with Crippen molar-refractivity contribution in [1.29, 1.82) is 0 Å². The molecule has 1 aromatic heterocycles. The van der Waals surface area contributed by atoms with Crippen LogP contribution in [0.15, 0.2) is 77.1 Å². The van der Waals surface area contributed by atoms with E-state index in [0.29, 0.717) is 4.88 Å². The first-order chi connectivity index (χ1) is 12.7. The van der Waals surface area contributed by atoms with Crippen molar-refractivity contribution in [2.75, 3.05) is 18.0 Å². The number of Topliss-reactive ketones (excluding diaryl/α,β-unsaturated/α-hetero) is 1. The molecule has 2 heterocycles. The molecule has 0 radical (unpaired) electrons. The lowest BCUT2D eigenvalue weighted by molar-refractivity contribution is -0.117. The number of anilines is 1. The molecule has 0 bridgehead atoms. The lowest BCUT2D eigenvalue weighted by Crippen LogP contribution is -2.37. The molecule has 26 heavy (non-hydrogen) atoms. The van der Waals surface area contributed by atoms with Gasteiger partial charge in [0.05, 0.1) is 22.8 Å². The average molecular weight is 360 g/mol. The zero-order valence-electron chi connectivity index (χ0n) is 14.0. The molecular weight excluding hydrogens is 344 g/mol. The van der Waals surface area contributed by atoms with Crippen LogP contribution in [0.4, 0.5) is 5.69 Å². The highest BCUT2D eigenvalue weighted by Crippen LogP contribution is 2.27. The van der Waals surface area contributed by atoms with Crippen LogP contribution in [0, 0.1) is 0 Å². The van der Waals surface area contributed by atoms with Gasteiger partial charge in [-0.25, -0.2) is 0 Å². The van der Waals surface area contributed by atoms with Gasteiger partial charge in [-0.2, -0.15) is 0 Å². The Balaban J connectivity index is 1.75. The Kier molecular flexibility index (Phi) is 4.46. The van der Waals surface area contributed by atoms with E-state index < -0.39 is 0 Å². The molecule has 2 aromatic carbocycles. The first kappa shape index (κ1) is 16.4. The van der Waals surface area contributed by atoms with E-state index in [2.05, 4.69) is 4.99 Å². The normalized spacial score (nSPS) is 13.8. The quantitative estimate of drug-likeness (QED) is 0.664. The number of amides is 1. The van der Waals surface area contributed by atoms with Gasteiger partial charge in [-0.1, -0.05) is 54.6 Å². The highest BCUT2D eigenvalue weighted by atomic mass is 32.1. The number of thiophene rings is 1. The molecule has 1 aliphatic heterocycles. The average Bonchev–Trinajstić information content (AvgIpc) is 3.18. The minimum Gasteiger partial charge on any atom is -0.302 e. The van der Waals surface area contributed by atoms with Crippen LogP contribution in [0.5, 0.6) is 0 Å². The van der Waals surface area contributed by atoms with Crippen molar-refractivity contribution in [3.05, 3.63) is 88.1 Å². The number of aliphatic imine (C=N–C) groups is 1. The number of benzodiazepines with no additional fused rings is 1. The zero-order valence-corrected chi connectivity index (χ0v) is 14.8. The molecule has 1 amide bonds. The second kappa shape index (κ2) is 7.06. The summed E-state index contributed by atoms with van der Waals surface area (Å²) in [5, 5.41) is 1.86. The fourth-order valence-electron chi connectivity index (χ4n) is 3.04. The molecule has 0 N–H and O–H groups in total. The minimum atomic E-state index is -0.173. The third-order valence-electron chi connectivity index (χ3n) is 4.27. The van der Waals surface area contributed by atoms with Crippen LogP contribution in [0.1, 0.15) is 20.8 Å². The standard InChI is InChI=1S/C21H16N2O2S/c24-18(19-11-6-12-26-19)14-23-17-10-5-4-9-16(17)21(22-13-20(23)25)15-7-2-1-3-8-15/h1-12H,13-14H2. The fraction of sp³-hybridized carbons (Fsp3) is 0.0952. The number of carbonyl (C=O) groups excluding carboxylic acids is 2. The Labute approximate surface area is 155 Å². The van der Waals surface area contributed by atoms with Crippen molar-refractivity contribution in [1.82, 2.24) is 0 Å². The number of rotatable bonds is 4. The summed E-state index contributed by atoms with van der Waals surface area (Å²) < 4.78 is 0. The third kappa shape index (κ3) is 3.09. The van der Waals surface area contributed by atoms with Gasteiger partial charge in [-0.15, -0.1) is 11.3 Å². The molecule has 128 valence electrons. The van der Waals surface area contributed by atoms with Crippen molar-refractivity contribution < 1.29 is 9.59 Å². The Bertz CT molecular complexity index is 978. The van der Waals surface area contributed by atoms with Crippen LogP contribution in [-0.4, -0.2) is 30.5 Å². The summed E-state index contributed by atoms with van der Waals surface area (Å²) in [4.78, 5) is 32.1. The molecule has 5 heteroatoms. The predicted molar refractivity (Wildman–Crippen MR) is 104 cm³/mol. The zero-order chi connectivity index (χ0) is 17.9. The van der Waals surface area contributed by atoms with E-state index in [1.807, 2.05) is 66.0 Å². The summed E-state index contributed by atoms with van der Waals surface area (Å²) in [6, 6.07) is 21.1. The highest BCUT2D eigenvalue weighted by Gasteiger charge is 2.26. The molecule has 0 fully saturated rings. The largest absolute Gasteiger partial charge is 0.302 e. The summed E-state index contributed by atoms with van der Waals surface area (Å²) in [7, 11) is 0. The molecule has 0 saturated carbocycles. The van der Waals surface area contributed by atoms with E-state index in [0.717, 1.165) is 22.5 Å². The highest BCUT2D eigenvalue weighted by molar-refractivity contribution is 7.12. The van der Waals surface area contributed by atoms with Crippen LogP contribution in [0.25, 0.3) is 0 Å². The van der Waals surface area contributed by atoms with Crippen LogP contribution in [0.2, 0.25) is 0 Å². The molecular formula is C21H16N2O2S. The Morgan fingerprint density at radius 3 is 2.54 bits per heavy atom. The molecule has 0 aliphatic carbocycles. The predicted octanol–water partition coefficient (Wildman–Crippen LogP) is 3.82. The monoisotopic (exact) mass is 360 g/mol. The van der Waals surface area contributed by atoms with Gasteiger partial charge in [0.15, 0.2) is 5.78 Å². The summed E-state index contributed by atoms with van der Waals surface area (Å²) >= 11 is 1.39. The summed E-state index contributed by atoms with van der Waals surface area (Å²) in [6.07, 6.45) is 0. The lowest BCUT2D eigenvalue weighted by Gasteiger charge is -2.22. The summed E-state index contributed by atoms with van der Waals surface area (Å²) in [6.45, 7) is 0.0462. The number of hydrogen-bond donors (Lipinski definition) is 0. The van der Waals surface area contributed by atoms with Gasteiger partial charge in [0, 0.05) is 11.1 Å². The molecule has 0 unspecified atom stereocenters. The van der Waals surface area contributed by atoms with Gasteiger partial charge in [0.2, 0.25) is 5.91 Å². The number of benzene rings is 2. The van der Waals surface area contributed by atoms with Crippen LogP contribution >= 0.6 is 11.3 Å². The topological polar surface area (TPSA) is 49.7 Å². The Hall–Kier alpha value is -3.05. The molecule has 1 aliphatic rings. The molecule has 0 saturated heterocycles. The smallest absolute Gasteiger partial charge is 0.249 e. The van der Waals surface area contributed by atoms with E-state index in [1.165, 1.54) is 11.3 Å². The maximum Gasteiger partial charge on any atom is 0.249 e. The van der Waals surface area contributed by atoms with E-state index >= 15 is 0 Å². The molecule has 0 spiro atoms. The first-order valence-corrected chi connectivity index (χ1v) is 9.18. The second-order valence-corrected chi connectivity index (χ2v) is 6.88. The van der Waals surface area contributed by atoms with Crippen molar-refractivity contribution in [2.45, 2.75) is 0 Å². The van der Waals surface area contributed by atoms with Crippen LogP contribution in [0.3, 0.4) is 0 Å². The number of hydrogen-bond acceptors (Lipinski definition) is 4. The van der Waals surface area contributed by atoms with E-state index in [4.69, 9.17) is 0 Å². The van der Waals surface area contributed by atoms with Crippen LogP contribution < -0.4 is 4.90 Å². The maximum absolute atomic E-state index is 12.7.